The Morgan fingerprint density at radius 1 is 1.15 bits per heavy atom. The first-order chi connectivity index (χ1) is 12.6. The minimum Gasteiger partial charge on any atom is -0.497 e. The molecule has 0 saturated heterocycles. The fourth-order valence-corrected chi connectivity index (χ4v) is 2.86. The van der Waals surface area contributed by atoms with Gasteiger partial charge in [0.2, 0.25) is 5.91 Å². The Balaban J connectivity index is 2.00. The van der Waals surface area contributed by atoms with Crippen molar-refractivity contribution in [1.29, 1.82) is 0 Å². The van der Waals surface area contributed by atoms with Crippen LogP contribution >= 0.6 is 0 Å². The number of hydrazone groups is 1. The summed E-state index contributed by atoms with van der Waals surface area (Å²) in [6.45, 7) is 1.98. The predicted molar refractivity (Wildman–Crippen MR) is 98.3 cm³/mol. The fraction of sp³-hybridized carbons (Fsp3) is 0.250. The number of benzene rings is 2. The monoisotopic (exact) mass is 352 g/mol. The summed E-state index contributed by atoms with van der Waals surface area (Å²) in [5.41, 5.74) is 1.66. The Kier molecular flexibility index (Phi) is 5.31. The van der Waals surface area contributed by atoms with Gasteiger partial charge < -0.3 is 9.47 Å². The molecule has 1 heterocycles. The van der Waals surface area contributed by atoms with Crippen LogP contribution in [0, 0.1) is 0 Å². The molecule has 26 heavy (non-hydrogen) atoms. The molecule has 1 aliphatic rings. The molecule has 0 aliphatic carbocycles. The summed E-state index contributed by atoms with van der Waals surface area (Å²) in [6.07, 6.45) is 0.138. The van der Waals surface area contributed by atoms with Gasteiger partial charge in [-0.05, 0) is 36.8 Å². The lowest BCUT2D eigenvalue weighted by Gasteiger charge is -2.28. The summed E-state index contributed by atoms with van der Waals surface area (Å²) in [5.74, 6) is -0.435. The van der Waals surface area contributed by atoms with Crippen molar-refractivity contribution in [2.45, 2.75) is 19.3 Å². The second-order valence-corrected chi connectivity index (χ2v) is 5.78. The van der Waals surface area contributed by atoms with Crippen molar-refractivity contribution < 1.29 is 19.1 Å². The molecule has 6 nitrogen and oxygen atoms in total. The highest BCUT2D eigenvalue weighted by Gasteiger charge is 2.35. The second kappa shape index (κ2) is 7.82. The number of nitrogens with zero attached hydrogens (tertiary/aromatic N) is 2. The number of amides is 1. The van der Waals surface area contributed by atoms with E-state index in [-0.39, 0.29) is 24.6 Å². The minimum absolute atomic E-state index is 0.138. The molecule has 0 aromatic heterocycles. The third-order valence-corrected chi connectivity index (χ3v) is 4.16. The van der Waals surface area contributed by atoms with Crippen molar-refractivity contribution in [3.63, 3.8) is 0 Å². The fourth-order valence-electron chi connectivity index (χ4n) is 2.86. The summed E-state index contributed by atoms with van der Waals surface area (Å²) in [5, 5.41) is 5.62. The van der Waals surface area contributed by atoms with Crippen molar-refractivity contribution in [1.82, 2.24) is 0 Å². The van der Waals surface area contributed by atoms with Crippen LogP contribution in [0.1, 0.15) is 24.8 Å². The number of rotatable bonds is 5. The van der Waals surface area contributed by atoms with Crippen molar-refractivity contribution in [2.75, 3.05) is 18.7 Å². The van der Waals surface area contributed by atoms with E-state index >= 15 is 0 Å². The van der Waals surface area contributed by atoms with Crippen molar-refractivity contribution in [3.8, 4) is 5.75 Å². The maximum atomic E-state index is 12.7. The summed E-state index contributed by atoms with van der Waals surface area (Å²) in [7, 11) is 1.59. The standard InChI is InChI=1S/C20H20N2O4/c1-3-26-20(24)19-17(14-9-11-16(25-2)12-10-14)13-18(23)22(21-19)15-7-5-4-6-8-15/h4-12,17H,3,13H2,1-2H3/t17-/m0/s1. The number of para-hydroxylation sites is 1. The molecular weight excluding hydrogens is 332 g/mol. The van der Waals surface area contributed by atoms with E-state index in [4.69, 9.17) is 9.47 Å². The third-order valence-electron chi connectivity index (χ3n) is 4.16. The van der Waals surface area contributed by atoms with Crippen LogP contribution in [0.2, 0.25) is 0 Å². The van der Waals surface area contributed by atoms with E-state index in [0.29, 0.717) is 11.4 Å². The molecule has 3 rings (SSSR count). The van der Waals surface area contributed by atoms with Crippen LogP contribution < -0.4 is 9.75 Å². The lowest BCUT2D eigenvalue weighted by molar-refractivity contribution is -0.135. The summed E-state index contributed by atoms with van der Waals surface area (Å²) >= 11 is 0. The van der Waals surface area contributed by atoms with Crippen LogP contribution in [0.5, 0.6) is 5.75 Å². The molecule has 6 heteroatoms. The molecule has 1 aliphatic heterocycles. The summed E-state index contributed by atoms with van der Waals surface area (Å²) in [6, 6.07) is 16.3. The van der Waals surface area contributed by atoms with Gasteiger partial charge in [-0.3, -0.25) is 4.79 Å². The van der Waals surface area contributed by atoms with Gasteiger partial charge in [-0.1, -0.05) is 30.3 Å². The average molecular weight is 352 g/mol. The smallest absolute Gasteiger partial charge is 0.355 e. The Morgan fingerprint density at radius 3 is 2.46 bits per heavy atom. The van der Waals surface area contributed by atoms with Crippen LogP contribution in [0.3, 0.4) is 0 Å². The maximum Gasteiger partial charge on any atom is 0.355 e. The number of carbonyl (C=O) groups excluding carboxylic acids is 2. The molecule has 0 unspecified atom stereocenters. The van der Waals surface area contributed by atoms with Gasteiger partial charge in [-0.15, -0.1) is 0 Å². The summed E-state index contributed by atoms with van der Waals surface area (Å²) < 4.78 is 10.3. The normalized spacial score (nSPS) is 16.8. The molecule has 0 N–H and O–H groups in total. The topological polar surface area (TPSA) is 68.2 Å². The molecule has 0 spiro atoms. The van der Waals surface area contributed by atoms with Crippen LogP contribution in [0.4, 0.5) is 5.69 Å². The maximum absolute atomic E-state index is 12.7. The number of carbonyl (C=O) groups is 2. The average Bonchev–Trinajstić information content (AvgIpc) is 2.68. The zero-order chi connectivity index (χ0) is 18.5. The predicted octanol–water partition coefficient (Wildman–Crippen LogP) is 3.13. The van der Waals surface area contributed by atoms with E-state index in [2.05, 4.69) is 5.10 Å². The largest absolute Gasteiger partial charge is 0.497 e. The van der Waals surface area contributed by atoms with Gasteiger partial charge in [0.15, 0.2) is 5.71 Å². The first-order valence-electron chi connectivity index (χ1n) is 8.41. The number of ether oxygens (including phenoxy) is 2. The number of hydrogen-bond donors (Lipinski definition) is 0. The van der Waals surface area contributed by atoms with Crippen LogP contribution in [0.15, 0.2) is 59.7 Å². The van der Waals surface area contributed by atoms with Gasteiger partial charge >= 0.3 is 5.97 Å². The van der Waals surface area contributed by atoms with Crippen molar-refractivity contribution in [2.24, 2.45) is 5.10 Å². The highest BCUT2D eigenvalue weighted by atomic mass is 16.5. The zero-order valence-electron chi connectivity index (χ0n) is 14.7. The molecule has 134 valence electrons. The van der Waals surface area contributed by atoms with E-state index in [9.17, 15) is 9.59 Å². The lowest BCUT2D eigenvalue weighted by Crippen LogP contribution is -2.39. The van der Waals surface area contributed by atoms with Gasteiger partial charge in [-0.2, -0.15) is 5.10 Å². The summed E-state index contributed by atoms with van der Waals surface area (Å²) in [4.78, 5) is 25.1. The first-order valence-corrected chi connectivity index (χ1v) is 8.41. The van der Waals surface area contributed by atoms with E-state index in [1.165, 1.54) is 5.01 Å². The molecule has 1 atom stereocenters. The highest BCUT2D eigenvalue weighted by Crippen LogP contribution is 2.31. The first kappa shape index (κ1) is 17.7. The molecule has 2 aromatic carbocycles. The van der Waals surface area contributed by atoms with Gasteiger partial charge in [0.05, 0.1) is 19.4 Å². The molecule has 0 fully saturated rings. The molecule has 0 radical (unpaired) electrons. The molecular formula is C20H20N2O4. The van der Waals surface area contributed by atoms with E-state index < -0.39 is 11.9 Å². The van der Waals surface area contributed by atoms with Gasteiger partial charge in [0, 0.05) is 12.3 Å². The highest BCUT2D eigenvalue weighted by molar-refractivity contribution is 6.40. The quantitative estimate of drug-likeness (QED) is 0.775. The Hall–Kier alpha value is -3.15. The van der Waals surface area contributed by atoms with Gasteiger partial charge in [-0.25, -0.2) is 9.80 Å². The van der Waals surface area contributed by atoms with Crippen molar-refractivity contribution >= 4 is 23.3 Å². The van der Waals surface area contributed by atoms with E-state index in [1.54, 1.807) is 38.3 Å². The van der Waals surface area contributed by atoms with Crippen LogP contribution in [-0.2, 0) is 14.3 Å². The Labute approximate surface area is 152 Å². The molecule has 2 aromatic rings. The number of esters is 1. The second-order valence-electron chi connectivity index (χ2n) is 5.78. The minimum atomic E-state index is -0.512. The SMILES string of the molecule is CCOC(=O)C1=NN(c2ccccc2)C(=O)C[C@H]1c1ccc(OC)cc1. The third kappa shape index (κ3) is 3.59. The Morgan fingerprint density at radius 2 is 1.85 bits per heavy atom. The zero-order valence-corrected chi connectivity index (χ0v) is 14.7. The van der Waals surface area contributed by atoms with Crippen LogP contribution in [0.25, 0.3) is 0 Å². The van der Waals surface area contributed by atoms with Crippen molar-refractivity contribution in [3.05, 3.63) is 60.2 Å². The number of hydrogen-bond acceptors (Lipinski definition) is 5. The molecule has 0 bridgehead atoms. The van der Waals surface area contributed by atoms with Gasteiger partial charge in [0.1, 0.15) is 5.75 Å². The molecule has 1 amide bonds. The van der Waals surface area contributed by atoms with E-state index in [1.807, 2.05) is 30.3 Å². The molecule has 0 saturated carbocycles. The van der Waals surface area contributed by atoms with Crippen LogP contribution in [-0.4, -0.2) is 31.3 Å². The lowest BCUT2D eigenvalue weighted by atomic mass is 9.89. The number of methoxy groups -OCH3 is 1. The number of anilines is 1. The van der Waals surface area contributed by atoms with E-state index in [0.717, 1.165) is 5.56 Å². The Bertz CT molecular complexity index is 815. The van der Waals surface area contributed by atoms with Gasteiger partial charge in [0.25, 0.3) is 0 Å².